The van der Waals surface area contributed by atoms with E-state index in [0.29, 0.717) is 0 Å². The second kappa shape index (κ2) is 6.67. The van der Waals surface area contributed by atoms with Gasteiger partial charge in [0.2, 0.25) is 0 Å². The van der Waals surface area contributed by atoms with Gasteiger partial charge in [0.1, 0.15) is 5.82 Å². The maximum atomic E-state index is 13.1. The van der Waals surface area contributed by atoms with Crippen molar-refractivity contribution in [3.63, 3.8) is 0 Å². The minimum absolute atomic E-state index is 0.120. The van der Waals surface area contributed by atoms with Crippen molar-refractivity contribution in [1.29, 1.82) is 0 Å². The number of nitrogens with one attached hydrogen (secondary N) is 1. The van der Waals surface area contributed by atoms with Crippen LogP contribution in [0.4, 0.5) is 4.39 Å². The number of nitrogens with zero attached hydrogens (tertiary/aromatic N) is 3. The van der Waals surface area contributed by atoms with Crippen molar-refractivity contribution in [2.75, 3.05) is 20.6 Å². The van der Waals surface area contributed by atoms with Crippen LogP contribution in [0.1, 0.15) is 24.1 Å². The number of aromatic nitrogens is 1. The van der Waals surface area contributed by atoms with Crippen LogP contribution < -0.4 is 5.32 Å². The molecule has 0 radical (unpaired) electrons. The fourth-order valence-corrected chi connectivity index (χ4v) is 3.13. The van der Waals surface area contributed by atoms with Crippen LogP contribution in [0.15, 0.2) is 47.6 Å². The van der Waals surface area contributed by atoms with Gasteiger partial charge in [-0.15, -0.1) is 0 Å². The zero-order valence-corrected chi connectivity index (χ0v) is 14.6. The van der Waals surface area contributed by atoms with E-state index in [9.17, 15) is 4.39 Å². The third kappa shape index (κ3) is 3.45. The molecule has 0 bridgehead atoms. The molecule has 1 aliphatic carbocycles. The summed E-state index contributed by atoms with van der Waals surface area (Å²) in [5, 5.41) is 3.49. The molecule has 0 spiro atoms. The average Bonchev–Trinajstić information content (AvgIpc) is 3.26. The highest BCUT2D eigenvalue weighted by Gasteiger charge is 2.44. The van der Waals surface area contributed by atoms with Gasteiger partial charge in [-0.25, -0.2) is 4.39 Å². The molecule has 4 nitrogen and oxygen atoms in total. The van der Waals surface area contributed by atoms with Gasteiger partial charge in [0, 0.05) is 45.0 Å². The minimum atomic E-state index is -0.180. The molecule has 3 rings (SSSR count). The van der Waals surface area contributed by atoms with E-state index in [1.54, 1.807) is 19.2 Å². The summed E-state index contributed by atoms with van der Waals surface area (Å²) in [7, 11) is 5.90. The van der Waals surface area contributed by atoms with Gasteiger partial charge in [0.05, 0.1) is 6.54 Å². The highest BCUT2D eigenvalue weighted by molar-refractivity contribution is 5.79. The van der Waals surface area contributed by atoms with Gasteiger partial charge in [-0.3, -0.25) is 4.99 Å². The number of hydrogen-bond donors (Lipinski definition) is 1. The highest BCUT2D eigenvalue weighted by Crippen LogP contribution is 2.47. The Morgan fingerprint density at radius 3 is 2.54 bits per heavy atom. The lowest BCUT2D eigenvalue weighted by molar-refractivity contribution is 0.456. The molecule has 1 saturated carbocycles. The molecular formula is C19H25FN4. The SMILES string of the molecule is CN=C(NCC1(c2ccc(F)cc2)CC1)N(C)Cc1cccn1C. The second-order valence-electron chi connectivity index (χ2n) is 6.65. The number of benzene rings is 1. The number of guanidine groups is 1. The van der Waals surface area contributed by atoms with E-state index in [2.05, 4.69) is 25.8 Å². The Hall–Kier alpha value is -2.30. The van der Waals surface area contributed by atoms with Crippen molar-refractivity contribution in [2.24, 2.45) is 12.0 Å². The Balaban J connectivity index is 1.62. The molecule has 1 heterocycles. The molecule has 0 atom stereocenters. The van der Waals surface area contributed by atoms with Gasteiger partial charge in [0.25, 0.3) is 0 Å². The molecular weight excluding hydrogens is 303 g/mol. The third-order valence-electron chi connectivity index (χ3n) is 4.92. The molecule has 128 valence electrons. The van der Waals surface area contributed by atoms with Crippen molar-refractivity contribution in [3.05, 3.63) is 59.7 Å². The monoisotopic (exact) mass is 328 g/mol. The van der Waals surface area contributed by atoms with Gasteiger partial charge < -0.3 is 14.8 Å². The summed E-state index contributed by atoms with van der Waals surface area (Å²) in [6, 6.07) is 11.1. The van der Waals surface area contributed by atoms with Crippen molar-refractivity contribution in [2.45, 2.75) is 24.8 Å². The average molecular weight is 328 g/mol. The lowest BCUT2D eigenvalue weighted by Gasteiger charge is -2.25. The van der Waals surface area contributed by atoms with Gasteiger partial charge in [-0.1, -0.05) is 12.1 Å². The summed E-state index contributed by atoms with van der Waals surface area (Å²) < 4.78 is 15.3. The van der Waals surface area contributed by atoms with Crippen LogP contribution in [-0.2, 0) is 19.0 Å². The van der Waals surface area contributed by atoms with Crippen molar-refractivity contribution < 1.29 is 4.39 Å². The van der Waals surface area contributed by atoms with Gasteiger partial charge in [-0.05, 0) is 42.7 Å². The molecule has 0 saturated heterocycles. The van der Waals surface area contributed by atoms with E-state index in [1.807, 2.05) is 38.5 Å². The Labute approximate surface area is 143 Å². The topological polar surface area (TPSA) is 32.6 Å². The smallest absolute Gasteiger partial charge is 0.193 e. The van der Waals surface area contributed by atoms with Crippen molar-refractivity contribution >= 4 is 5.96 Å². The van der Waals surface area contributed by atoms with E-state index in [-0.39, 0.29) is 11.2 Å². The summed E-state index contributed by atoms with van der Waals surface area (Å²) in [4.78, 5) is 6.52. The maximum Gasteiger partial charge on any atom is 0.193 e. The number of aliphatic imine (C=N–C) groups is 1. The van der Waals surface area contributed by atoms with Crippen LogP contribution in [0.3, 0.4) is 0 Å². The van der Waals surface area contributed by atoms with Crippen LogP contribution in [0, 0.1) is 5.82 Å². The van der Waals surface area contributed by atoms with Crippen molar-refractivity contribution in [3.8, 4) is 0 Å². The maximum absolute atomic E-state index is 13.1. The van der Waals surface area contributed by atoms with Crippen molar-refractivity contribution in [1.82, 2.24) is 14.8 Å². The van der Waals surface area contributed by atoms with E-state index in [0.717, 1.165) is 31.9 Å². The fraction of sp³-hybridized carbons (Fsp3) is 0.421. The molecule has 1 aromatic carbocycles. The Morgan fingerprint density at radius 2 is 2.00 bits per heavy atom. The Kier molecular flexibility index (Phi) is 4.60. The first-order chi connectivity index (χ1) is 11.5. The second-order valence-corrected chi connectivity index (χ2v) is 6.65. The first-order valence-corrected chi connectivity index (χ1v) is 8.32. The normalized spacial score (nSPS) is 16.1. The largest absolute Gasteiger partial charge is 0.355 e. The first kappa shape index (κ1) is 16.6. The standard InChI is InChI=1S/C19H25FN4/c1-21-18(24(3)13-17-5-4-12-23(17)2)22-14-19(10-11-19)15-6-8-16(20)9-7-15/h4-9,12H,10-11,13-14H2,1-3H3,(H,21,22). The predicted octanol–water partition coefficient (Wildman–Crippen LogP) is 2.90. The third-order valence-corrected chi connectivity index (χ3v) is 4.92. The molecule has 1 aromatic heterocycles. The molecule has 2 aromatic rings. The lowest BCUT2D eigenvalue weighted by Crippen LogP contribution is -2.42. The molecule has 1 fully saturated rings. The quantitative estimate of drug-likeness (QED) is 0.676. The minimum Gasteiger partial charge on any atom is -0.355 e. The summed E-state index contributed by atoms with van der Waals surface area (Å²) in [6.45, 7) is 1.62. The number of hydrogen-bond acceptors (Lipinski definition) is 1. The molecule has 0 amide bonds. The predicted molar refractivity (Wildman–Crippen MR) is 95.6 cm³/mol. The van der Waals surface area contributed by atoms with Gasteiger partial charge >= 0.3 is 0 Å². The zero-order chi connectivity index (χ0) is 17.2. The number of halogens is 1. The summed E-state index contributed by atoms with van der Waals surface area (Å²) in [5.41, 5.74) is 2.56. The Morgan fingerprint density at radius 1 is 1.29 bits per heavy atom. The molecule has 5 heteroatoms. The van der Waals surface area contributed by atoms with Crippen LogP contribution >= 0.6 is 0 Å². The van der Waals surface area contributed by atoms with E-state index in [4.69, 9.17) is 0 Å². The zero-order valence-electron chi connectivity index (χ0n) is 14.6. The molecule has 0 unspecified atom stereocenters. The number of aryl methyl sites for hydroxylation is 1. The van der Waals surface area contributed by atoms with Crippen LogP contribution in [0.5, 0.6) is 0 Å². The summed E-state index contributed by atoms with van der Waals surface area (Å²) in [5.74, 6) is 0.699. The van der Waals surface area contributed by atoms with Gasteiger partial charge in [0.15, 0.2) is 5.96 Å². The lowest BCUT2D eigenvalue weighted by atomic mass is 9.96. The van der Waals surface area contributed by atoms with Crippen LogP contribution in [-0.4, -0.2) is 36.1 Å². The van der Waals surface area contributed by atoms with Crippen LogP contribution in [0.2, 0.25) is 0 Å². The van der Waals surface area contributed by atoms with E-state index >= 15 is 0 Å². The van der Waals surface area contributed by atoms with E-state index in [1.165, 1.54) is 11.3 Å². The molecule has 0 aliphatic heterocycles. The number of rotatable bonds is 5. The molecule has 1 aliphatic rings. The summed E-state index contributed by atoms with van der Waals surface area (Å²) >= 11 is 0. The van der Waals surface area contributed by atoms with Crippen LogP contribution in [0.25, 0.3) is 0 Å². The van der Waals surface area contributed by atoms with E-state index < -0.39 is 0 Å². The highest BCUT2D eigenvalue weighted by atomic mass is 19.1. The molecule has 24 heavy (non-hydrogen) atoms. The Bertz CT molecular complexity index is 713. The summed E-state index contributed by atoms with van der Waals surface area (Å²) in [6.07, 6.45) is 4.31. The fourth-order valence-electron chi connectivity index (χ4n) is 3.13. The first-order valence-electron chi connectivity index (χ1n) is 8.32. The molecule has 1 N–H and O–H groups in total. The van der Waals surface area contributed by atoms with Gasteiger partial charge in [-0.2, -0.15) is 0 Å².